The van der Waals surface area contributed by atoms with E-state index in [1.54, 1.807) is 6.92 Å². The van der Waals surface area contributed by atoms with E-state index in [1.807, 2.05) is 0 Å². The molecule has 0 aromatic carbocycles. The van der Waals surface area contributed by atoms with Crippen LogP contribution in [0.2, 0.25) is 0 Å². The summed E-state index contributed by atoms with van der Waals surface area (Å²) >= 11 is 0. The Labute approximate surface area is 65.4 Å². The van der Waals surface area contributed by atoms with E-state index in [0.717, 1.165) is 0 Å². The Hall–Kier alpha value is -0.160. The molecule has 1 rings (SSSR count). The first-order valence-corrected chi connectivity index (χ1v) is 3.56. The minimum absolute atomic E-state index is 0.476. The van der Waals surface area contributed by atoms with E-state index in [2.05, 4.69) is 6.92 Å². The van der Waals surface area contributed by atoms with E-state index >= 15 is 0 Å². The lowest BCUT2D eigenvalue weighted by atomic mass is 9.97. The topological polar surface area (TPSA) is 69.9 Å². The SMILES string of the molecule is [CH2-][C@H]1OC(C)[C@H](O)C(O)[C@@H]1O. The van der Waals surface area contributed by atoms with Gasteiger partial charge in [-0.3, -0.25) is 0 Å². The molecule has 11 heavy (non-hydrogen) atoms. The van der Waals surface area contributed by atoms with Gasteiger partial charge in [-0.25, -0.2) is 0 Å². The van der Waals surface area contributed by atoms with Crippen LogP contribution in [0.25, 0.3) is 0 Å². The zero-order valence-corrected chi connectivity index (χ0v) is 6.34. The molecular formula is C7H13O4-. The predicted octanol–water partition coefficient (Wildman–Crippen LogP) is -1.31. The van der Waals surface area contributed by atoms with Crippen molar-refractivity contribution in [2.24, 2.45) is 0 Å². The van der Waals surface area contributed by atoms with Gasteiger partial charge in [-0.05, 0) is 13.0 Å². The molecule has 1 heterocycles. The number of ether oxygens (including phenoxy) is 1. The van der Waals surface area contributed by atoms with Gasteiger partial charge < -0.3 is 27.0 Å². The van der Waals surface area contributed by atoms with Crippen LogP contribution in [0.15, 0.2) is 0 Å². The van der Waals surface area contributed by atoms with Gasteiger partial charge in [0.2, 0.25) is 0 Å². The fraction of sp³-hybridized carbons (Fsp3) is 0.857. The summed E-state index contributed by atoms with van der Waals surface area (Å²) in [5.74, 6) is 0. The van der Waals surface area contributed by atoms with E-state index in [4.69, 9.17) is 14.9 Å². The molecule has 0 bridgehead atoms. The number of hydrogen-bond acceptors (Lipinski definition) is 4. The molecule has 3 N–H and O–H groups in total. The molecule has 1 aliphatic rings. The number of aliphatic hydroxyl groups is 3. The second-order valence-electron chi connectivity index (χ2n) is 2.85. The molecule has 1 fully saturated rings. The zero-order valence-electron chi connectivity index (χ0n) is 6.34. The Morgan fingerprint density at radius 1 is 1.09 bits per heavy atom. The molecule has 5 atom stereocenters. The molecule has 0 amide bonds. The van der Waals surface area contributed by atoms with Crippen molar-refractivity contribution < 1.29 is 20.1 Å². The lowest BCUT2D eigenvalue weighted by Gasteiger charge is -2.41. The highest BCUT2D eigenvalue weighted by atomic mass is 16.5. The minimum Gasteiger partial charge on any atom is -0.402 e. The van der Waals surface area contributed by atoms with Crippen LogP contribution in [0.3, 0.4) is 0 Å². The Morgan fingerprint density at radius 3 is 2.18 bits per heavy atom. The molecule has 4 heteroatoms. The highest BCUT2D eigenvalue weighted by molar-refractivity contribution is 4.91. The van der Waals surface area contributed by atoms with Crippen molar-refractivity contribution in [3.8, 4) is 0 Å². The third-order valence-electron chi connectivity index (χ3n) is 1.95. The minimum atomic E-state index is -1.15. The Kier molecular flexibility index (Phi) is 2.49. The third kappa shape index (κ3) is 1.54. The van der Waals surface area contributed by atoms with Crippen LogP contribution in [-0.4, -0.2) is 45.8 Å². The maximum absolute atomic E-state index is 9.17. The van der Waals surface area contributed by atoms with Crippen molar-refractivity contribution in [1.29, 1.82) is 0 Å². The highest BCUT2D eigenvalue weighted by Crippen LogP contribution is 2.19. The summed E-state index contributed by atoms with van der Waals surface area (Å²) < 4.78 is 5.01. The normalized spacial score (nSPS) is 52.6. The molecule has 0 aromatic rings. The van der Waals surface area contributed by atoms with Crippen molar-refractivity contribution in [2.75, 3.05) is 0 Å². The maximum atomic E-state index is 9.17. The summed E-state index contributed by atoms with van der Waals surface area (Å²) in [6.07, 6.45) is -4.41. The predicted molar refractivity (Wildman–Crippen MR) is 37.7 cm³/mol. The lowest BCUT2D eigenvalue weighted by Crippen LogP contribution is -2.55. The second kappa shape index (κ2) is 3.06. The molecule has 0 spiro atoms. The summed E-state index contributed by atoms with van der Waals surface area (Å²) in [4.78, 5) is 0. The first-order valence-electron chi connectivity index (χ1n) is 3.56. The Morgan fingerprint density at radius 2 is 1.64 bits per heavy atom. The van der Waals surface area contributed by atoms with Gasteiger partial charge in [0, 0.05) is 0 Å². The van der Waals surface area contributed by atoms with Crippen molar-refractivity contribution >= 4 is 0 Å². The summed E-state index contributed by atoms with van der Waals surface area (Å²) in [5.41, 5.74) is 0. The van der Waals surface area contributed by atoms with E-state index in [1.165, 1.54) is 0 Å². The third-order valence-corrected chi connectivity index (χ3v) is 1.95. The second-order valence-corrected chi connectivity index (χ2v) is 2.85. The average Bonchev–Trinajstić information content (AvgIpc) is 1.97. The van der Waals surface area contributed by atoms with E-state index in [9.17, 15) is 5.11 Å². The van der Waals surface area contributed by atoms with E-state index in [-0.39, 0.29) is 0 Å². The first kappa shape index (κ1) is 8.93. The fourth-order valence-electron chi connectivity index (χ4n) is 1.14. The van der Waals surface area contributed by atoms with Gasteiger partial charge in [0.05, 0.1) is 12.2 Å². The molecule has 0 aliphatic carbocycles. The van der Waals surface area contributed by atoms with Crippen LogP contribution < -0.4 is 0 Å². The summed E-state index contributed by atoms with van der Waals surface area (Å²) in [6.45, 7) is 5.09. The molecule has 2 unspecified atom stereocenters. The largest absolute Gasteiger partial charge is 0.402 e. The van der Waals surface area contributed by atoms with Crippen LogP contribution in [-0.2, 0) is 4.74 Å². The monoisotopic (exact) mass is 161 g/mol. The number of rotatable bonds is 0. The Bertz CT molecular complexity index is 124. The molecule has 0 saturated carbocycles. The van der Waals surface area contributed by atoms with E-state index in [0.29, 0.717) is 0 Å². The van der Waals surface area contributed by atoms with Crippen LogP contribution in [0.1, 0.15) is 6.92 Å². The summed E-state index contributed by atoms with van der Waals surface area (Å²) in [7, 11) is 0. The summed E-state index contributed by atoms with van der Waals surface area (Å²) in [6, 6.07) is 0. The molecule has 0 radical (unpaired) electrons. The molecular weight excluding hydrogens is 148 g/mol. The van der Waals surface area contributed by atoms with Crippen LogP contribution >= 0.6 is 0 Å². The first-order chi connectivity index (χ1) is 5.04. The lowest BCUT2D eigenvalue weighted by molar-refractivity contribution is -0.204. The molecule has 4 nitrogen and oxygen atoms in total. The number of aliphatic hydroxyl groups excluding tert-OH is 3. The number of hydrogen-bond donors (Lipinski definition) is 3. The summed E-state index contributed by atoms with van der Waals surface area (Å²) in [5, 5.41) is 27.5. The van der Waals surface area contributed by atoms with Crippen molar-refractivity contribution in [3.05, 3.63) is 6.92 Å². The zero-order chi connectivity index (χ0) is 8.59. The van der Waals surface area contributed by atoms with Gasteiger partial charge in [0.15, 0.2) is 0 Å². The van der Waals surface area contributed by atoms with Crippen molar-refractivity contribution in [3.63, 3.8) is 0 Å². The van der Waals surface area contributed by atoms with Gasteiger partial charge in [0.1, 0.15) is 12.2 Å². The fourth-order valence-corrected chi connectivity index (χ4v) is 1.14. The molecule has 66 valence electrons. The van der Waals surface area contributed by atoms with E-state index < -0.39 is 30.5 Å². The molecule has 1 saturated heterocycles. The van der Waals surface area contributed by atoms with Gasteiger partial charge >= 0.3 is 0 Å². The van der Waals surface area contributed by atoms with Gasteiger partial charge in [-0.15, -0.1) is 0 Å². The Balaban J connectivity index is 2.63. The molecule has 0 aromatic heterocycles. The van der Waals surface area contributed by atoms with Crippen molar-refractivity contribution in [2.45, 2.75) is 37.4 Å². The van der Waals surface area contributed by atoms with Crippen LogP contribution in [0.5, 0.6) is 0 Å². The maximum Gasteiger partial charge on any atom is 0.108 e. The highest BCUT2D eigenvalue weighted by Gasteiger charge is 2.36. The van der Waals surface area contributed by atoms with Crippen LogP contribution in [0, 0.1) is 6.92 Å². The smallest absolute Gasteiger partial charge is 0.108 e. The van der Waals surface area contributed by atoms with Gasteiger partial charge in [0.25, 0.3) is 0 Å². The van der Waals surface area contributed by atoms with Gasteiger partial charge in [-0.1, -0.05) is 0 Å². The average molecular weight is 161 g/mol. The van der Waals surface area contributed by atoms with Crippen molar-refractivity contribution in [1.82, 2.24) is 0 Å². The van der Waals surface area contributed by atoms with Gasteiger partial charge in [-0.2, -0.15) is 0 Å². The van der Waals surface area contributed by atoms with Crippen LogP contribution in [0.4, 0.5) is 0 Å². The quantitative estimate of drug-likeness (QED) is 0.386. The standard InChI is InChI=1S/C7H13O4/c1-3-5(8)7(10)6(9)4(2)11-3/h3-10H,1H2,2H3/q-1/t3-,4?,5-,6+,7?/m1/s1. The molecule has 1 aliphatic heterocycles.